The zero-order valence-corrected chi connectivity index (χ0v) is 16.8. The molecule has 4 heterocycles. The molecule has 0 bridgehead atoms. The largest absolute Gasteiger partial charge is 0.338 e. The second-order valence-electron chi connectivity index (χ2n) is 7.26. The highest BCUT2D eigenvalue weighted by Gasteiger charge is 2.20. The van der Waals surface area contributed by atoms with Crippen LogP contribution in [0.5, 0.6) is 0 Å². The fourth-order valence-corrected chi connectivity index (χ4v) is 4.62. The quantitative estimate of drug-likeness (QED) is 0.784. The summed E-state index contributed by atoms with van der Waals surface area (Å²) in [5, 5.41) is 4.61. The van der Waals surface area contributed by atoms with Gasteiger partial charge in [-0.05, 0) is 31.2 Å². The highest BCUT2D eigenvalue weighted by atomic mass is 32.2. The summed E-state index contributed by atoms with van der Waals surface area (Å²) in [5.74, 6) is 2.85. The van der Waals surface area contributed by atoms with Crippen LogP contribution in [0.2, 0.25) is 0 Å². The van der Waals surface area contributed by atoms with Crippen molar-refractivity contribution in [3.05, 3.63) is 45.1 Å². The molecule has 0 aromatic carbocycles. The second kappa shape index (κ2) is 7.98. The highest BCUT2D eigenvalue weighted by molar-refractivity contribution is 7.98. The van der Waals surface area contributed by atoms with Crippen LogP contribution in [0, 0.1) is 13.8 Å². The maximum absolute atomic E-state index is 12.3. The molecule has 2 aromatic heterocycles. The first kappa shape index (κ1) is 18.4. The third-order valence-electron chi connectivity index (χ3n) is 5.16. The Morgan fingerprint density at radius 1 is 1.04 bits per heavy atom. The number of anilines is 1. The minimum absolute atomic E-state index is 0.0264. The summed E-state index contributed by atoms with van der Waals surface area (Å²) in [6, 6.07) is 3.78. The molecule has 0 radical (unpaired) electrons. The van der Waals surface area contributed by atoms with E-state index in [9.17, 15) is 4.79 Å². The monoisotopic (exact) mass is 386 g/mol. The maximum Gasteiger partial charge on any atom is 0.267 e. The van der Waals surface area contributed by atoms with E-state index in [0.717, 1.165) is 79.2 Å². The van der Waals surface area contributed by atoms with Gasteiger partial charge in [-0.1, -0.05) is 0 Å². The molecule has 0 spiro atoms. The molecule has 0 unspecified atom stereocenters. The number of thioether (sulfide) groups is 1. The minimum atomic E-state index is 0.0264. The summed E-state index contributed by atoms with van der Waals surface area (Å²) in [6.45, 7) is 9.24. The number of aryl methyl sites for hydroxylation is 3. The standard InChI is InChI=1S/C19H26N6OS/c1-14-11-15(2)21-19(20-14)24-7-4-23(5-8-24)6-9-25-18(26)12-16-13-27-10-3-17(16)22-25/h11-12H,3-10,13H2,1-2H3. The van der Waals surface area contributed by atoms with Gasteiger partial charge in [-0.25, -0.2) is 14.6 Å². The molecule has 2 aromatic rings. The number of aromatic nitrogens is 4. The fraction of sp³-hybridized carbons (Fsp3) is 0.579. The molecule has 0 atom stereocenters. The van der Waals surface area contributed by atoms with Crippen LogP contribution >= 0.6 is 11.8 Å². The number of hydrogen-bond acceptors (Lipinski definition) is 7. The Morgan fingerprint density at radius 3 is 2.52 bits per heavy atom. The van der Waals surface area contributed by atoms with E-state index in [1.165, 1.54) is 0 Å². The fourth-order valence-electron chi connectivity index (χ4n) is 3.67. The van der Waals surface area contributed by atoms with Crippen molar-refractivity contribution in [1.82, 2.24) is 24.6 Å². The van der Waals surface area contributed by atoms with Crippen LogP contribution in [0.15, 0.2) is 16.9 Å². The summed E-state index contributed by atoms with van der Waals surface area (Å²) < 4.78 is 1.65. The van der Waals surface area contributed by atoms with Gasteiger partial charge in [-0.15, -0.1) is 0 Å². The zero-order chi connectivity index (χ0) is 18.8. The molecule has 2 aliphatic rings. The van der Waals surface area contributed by atoms with Crippen molar-refractivity contribution in [2.45, 2.75) is 32.6 Å². The van der Waals surface area contributed by atoms with E-state index in [1.807, 2.05) is 31.7 Å². The van der Waals surface area contributed by atoms with Gasteiger partial charge in [-0.3, -0.25) is 9.69 Å². The number of fused-ring (bicyclic) bond motifs is 1. The molecule has 144 valence electrons. The van der Waals surface area contributed by atoms with Crippen molar-refractivity contribution in [3.8, 4) is 0 Å². The van der Waals surface area contributed by atoms with Gasteiger partial charge in [0.15, 0.2) is 0 Å². The van der Waals surface area contributed by atoms with Crippen molar-refractivity contribution < 1.29 is 0 Å². The molecule has 0 aliphatic carbocycles. The maximum atomic E-state index is 12.3. The predicted molar refractivity (Wildman–Crippen MR) is 109 cm³/mol. The summed E-state index contributed by atoms with van der Waals surface area (Å²) in [5.41, 5.74) is 4.27. The summed E-state index contributed by atoms with van der Waals surface area (Å²) in [7, 11) is 0. The van der Waals surface area contributed by atoms with Crippen molar-refractivity contribution in [3.63, 3.8) is 0 Å². The minimum Gasteiger partial charge on any atom is -0.338 e. The van der Waals surface area contributed by atoms with Crippen LogP contribution in [-0.2, 0) is 18.7 Å². The molecule has 1 saturated heterocycles. The summed E-state index contributed by atoms with van der Waals surface area (Å²) in [6.07, 6.45) is 0.967. The average molecular weight is 387 g/mol. The lowest BCUT2D eigenvalue weighted by atomic mass is 10.2. The van der Waals surface area contributed by atoms with Crippen molar-refractivity contribution >= 4 is 17.7 Å². The number of piperazine rings is 1. The van der Waals surface area contributed by atoms with Crippen molar-refractivity contribution in [2.75, 3.05) is 43.4 Å². The van der Waals surface area contributed by atoms with Gasteiger partial charge in [0.05, 0.1) is 12.2 Å². The van der Waals surface area contributed by atoms with Crippen LogP contribution < -0.4 is 10.5 Å². The van der Waals surface area contributed by atoms with Gasteiger partial charge in [0, 0.05) is 62.4 Å². The molecule has 0 saturated carbocycles. The molecule has 2 aliphatic heterocycles. The summed E-state index contributed by atoms with van der Waals surface area (Å²) >= 11 is 1.88. The molecule has 1 fully saturated rings. The van der Waals surface area contributed by atoms with Crippen molar-refractivity contribution in [2.24, 2.45) is 0 Å². The Bertz CT molecular complexity index is 855. The number of nitrogens with zero attached hydrogens (tertiary/aromatic N) is 6. The Hall–Kier alpha value is -1.93. The molecule has 0 N–H and O–H groups in total. The molecule has 8 heteroatoms. The highest BCUT2D eigenvalue weighted by Crippen LogP contribution is 2.21. The van der Waals surface area contributed by atoms with Gasteiger partial charge in [0.1, 0.15) is 0 Å². The van der Waals surface area contributed by atoms with E-state index in [-0.39, 0.29) is 5.56 Å². The zero-order valence-electron chi connectivity index (χ0n) is 16.0. The van der Waals surface area contributed by atoms with Gasteiger partial charge >= 0.3 is 0 Å². The normalized spacial score (nSPS) is 17.8. The van der Waals surface area contributed by atoms with E-state index in [2.05, 4.69) is 24.9 Å². The van der Waals surface area contributed by atoms with Crippen LogP contribution in [-0.4, -0.2) is 63.1 Å². The smallest absolute Gasteiger partial charge is 0.267 e. The molecule has 7 nitrogen and oxygen atoms in total. The molecular weight excluding hydrogens is 360 g/mol. The first-order chi connectivity index (χ1) is 13.1. The number of hydrogen-bond donors (Lipinski definition) is 0. The first-order valence-corrected chi connectivity index (χ1v) is 10.7. The Balaban J connectivity index is 1.34. The van der Waals surface area contributed by atoms with Crippen LogP contribution in [0.4, 0.5) is 5.95 Å². The number of rotatable bonds is 4. The Kier molecular flexibility index (Phi) is 5.45. The lowest BCUT2D eigenvalue weighted by Gasteiger charge is -2.34. The molecule has 4 rings (SSSR count). The SMILES string of the molecule is Cc1cc(C)nc(N2CCN(CCn3nc4c(cc3=O)CSCC4)CC2)n1. The lowest BCUT2D eigenvalue weighted by Crippen LogP contribution is -2.48. The third kappa shape index (κ3) is 4.32. The Labute approximate surface area is 163 Å². The first-order valence-electron chi connectivity index (χ1n) is 9.56. The lowest BCUT2D eigenvalue weighted by molar-refractivity contribution is 0.241. The van der Waals surface area contributed by atoms with Crippen LogP contribution in [0.1, 0.15) is 22.6 Å². The topological polar surface area (TPSA) is 67.2 Å². The molecular formula is C19H26N6OS. The van der Waals surface area contributed by atoms with Crippen LogP contribution in [0.3, 0.4) is 0 Å². The van der Waals surface area contributed by atoms with E-state index in [1.54, 1.807) is 10.7 Å². The summed E-state index contributed by atoms with van der Waals surface area (Å²) in [4.78, 5) is 26.1. The van der Waals surface area contributed by atoms with Gasteiger partial charge in [0.25, 0.3) is 5.56 Å². The van der Waals surface area contributed by atoms with E-state index >= 15 is 0 Å². The van der Waals surface area contributed by atoms with Gasteiger partial charge in [0.2, 0.25) is 5.95 Å². The average Bonchev–Trinajstić information content (AvgIpc) is 2.66. The van der Waals surface area contributed by atoms with E-state index in [0.29, 0.717) is 6.54 Å². The van der Waals surface area contributed by atoms with E-state index in [4.69, 9.17) is 0 Å². The van der Waals surface area contributed by atoms with Gasteiger partial charge < -0.3 is 4.90 Å². The molecule has 27 heavy (non-hydrogen) atoms. The molecule has 0 amide bonds. The van der Waals surface area contributed by atoms with Gasteiger partial charge in [-0.2, -0.15) is 16.9 Å². The Morgan fingerprint density at radius 2 is 1.78 bits per heavy atom. The predicted octanol–water partition coefficient (Wildman–Crippen LogP) is 1.26. The van der Waals surface area contributed by atoms with E-state index < -0.39 is 0 Å². The van der Waals surface area contributed by atoms with Crippen LogP contribution in [0.25, 0.3) is 0 Å². The second-order valence-corrected chi connectivity index (χ2v) is 8.36. The van der Waals surface area contributed by atoms with Crippen molar-refractivity contribution in [1.29, 1.82) is 0 Å². The third-order valence-corrected chi connectivity index (χ3v) is 6.17.